The maximum atomic E-state index is 5.54. The van der Waals surface area contributed by atoms with Crippen LogP contribution in [0.4, 0.5) is 0 Å². The number of nitrogens with one attached hydrogen (secondary N) is 1. The topological polar surface area (TPSA) is 49.0 Å². The van der Waals surface area contributed by atoms with Crippen molar-refractivity contribution in [3.63, 3.8) is 0 Å². The van der Waals surface area contributed by atoms with E-state index in [1.807, 2.05) is 24.3 Å². The predicted octanol–water partition coefficient (Wildman–Crippen LogP) is 3.88. The van der Waals surface area contributed by atoms with E-state index in [1.165, 1.54) is 5.56 Å². The van der Waals surface area contributed by atoms with Gasteiger partial charge in [0.2, 0.25) is 5.75 Å². The van der Waals surface area contributed by atoms with Crippen molar-refractivity contribution < 1.29 is 18.9 Å². The Hall–Kier alpha value is -2.40. The number of benzene rings is 2. The molecule has 1 atom stereocenters. The van der Waals surface area contributed by atoms with E-state index in [1.54, 1.807) is 28.4 Å². The van der Waals surface area contributed by atoms with E-state index in [9.17, 15) is 0 Å². The average molecular weight is 345 g/mol. The second-order valence-corrected chi connectivity index (χ2v) is 5.84. The van der Waals surface area contributed by atoms with Crippen LogP contribution in [0.1, 0.15) is 29.7 Å². The van der Waals surface area contributed by atoms with Gasteiger partial charge in [-0.2, -0.15) is 0 Å². The second kappa shape index (κ2) is 8.62. The smallest absolute Gasteiger partial charge is 0.203 e. The van der Waals surface area contributed by atoms with Crippen molar-refractivity contribution in [2.75, 3.05) is 28.4 Å². The molecule has 0 aromatic heterocycles. The molecule has 136 valence electrons. The molecule has 0 bridgehead atoms. The summed E-state index contributed by atoms with van der Waals surface area (Å²) in [5.41, 5.74) is 3.33. The highest BCUT2D eigenvalue weighted by Gasteiger charge is 2.17. The van der Waals surface area contributed by atoms with Crippen molar-refractivity contribution in [2.45, 2.75) is 26.4 Å². The van der Waals surface area contributed by atoms with Gasteiger partial charge in [0.1, 0.15) is 5.75 Å². The molecule has 2 aromatic carbocycles. The highest BCUT2D eigenvalue weighted by atomic mass is 16.5. The third-order valence-corrected chi connectivity index (χ3v) is 4.24. The Kier molecular flexibility index (Phi) is 6.53. The van der Waals surface area contributed by atoms with E-state index in [-0.39, 0.29) is 6.04 Å². The van der Waals surface area contributed by atoms with Crippen LogP contribution in [0.25, 0.3) is 0 Å². The molecule has 0 saturated heterocycles. The summed E-state index contributed by atoms with van der Waals surface area (Å²) in [5.74, 6) is 2.81. The average Bonchev–Trinajstić information content (AvgIpc) is 2.64. The molecule has 5 heteroatoms. The lowest BCUT2D eigenvalue weighted by molar-refractivity contribution is 0.321. The molecule has 5 nitrogen and oxygen atoms in total. The Labute approximate surface area is 149 Å². The van der Waals surface area contributed by atoms with E-state index < -0.39 is 0 Å². The molecule has 2 rings (SSSR count). The summed E-state index contributed by atoms with van der Waals surface area (Å²) >= 11 is 0. The second-order valence-electron chi connectivity index (χ2n) is 5.84. The standard InChI is InChI=1S/C20H27NO4/c1-13-7-9-17(22-3)16(11-13)14(2)21-12-15-8-10-18(23-4)20(25-6)19(15)24-5/h7-11,14,21H,12H2,1-6H3/t14-/m1/s1. The molecule has 0 radical (unpaired) electrons. The van der Waals surface area contributed by atoms with Gasteiger partial charge in [-0.25, -0.2) is 0 Å². The molecule has 0 amide bonds. The fourth-order valence-corrected chi connectivity index (χ4v) is 2.87. The van der Waals surface area contributed by atoms with Crippen molar-refractivity contribution in [3.05, 3.63) is 47.0 Å². The van der Waals surface area contributed by atoms with Gasteiger partial charge in [0.05, 0.1) is 28.4 Å². The van der Waals surface area contributed by atoms with Gasteiger partial charge in [-0.3, -0.25) is 0 Å². The third-order valence-electron chi connectivity index (χ3n) is 4.24. The first kappa shape index (κ1) is 18.9. The molecule has 2 aromatic rings. The summed E-state index contributed by atoms with van der Waals surface area (Å²) in [6, 6.07) is 10.2. The maximum absolute atomic E-state index is 5.54. The largest absolute Gasteiger partial charge is 0.496 e. The van der Waals surface area contributed by atoms with Gasteiger partial charge in [0.25, 0.3) is 0 Å². The van der Waals surface area contributed by atoms with Crippen LogP contribution in [0, 0.1) is 6.92 Å². The summed E-state index contributed by atoms with van der Waals surface area (Å²) in [4.78, 5) is 0. The van der Waals surface area contributed by atoms with Crippen LogP contribution < -0.4 is 24.3 Å². The molecule has 0 aliphatic heterocycles. The molecule has 0 aliphatic carbocycles. The lowest BCUT2D eigenvalue weighted by atomic mass is 10.0. The van der Waals surface area contributed by atoms with Crippen LogP contribution in [0.5, 0.6) is 23.0 Å². The molecule has 0 fully saturated rings. The maximum Gasteiger partial charge on any atom is 0.203 e. The predicted molar refractivity (Wildman–Crippen MR) is 99.1 cm³/mol. The van der Waals surface area contributed by atoms with E-state index >= 15 is 0 Å². The molecule has 1 N–H and O–H groups in total. The van der Waals surface area contributed by atoms with Crippen LogP contribution in [0.15, 0.2) is 30.3 Å². The first-order valence-electron chi connectivity index (χ1n) is 8.21. The summed E-state index contributed by atoms with van der Waals surface area (Å²) in [5, 5.41) is 3.52. The normalized spacial score (nSPS) is 11.8. The van der Waals surface area contributed by atoms with Crippen LogP contribution in [-0.2, 0) is 6.54 Å². The van der Waals surface area contributed by atoms with Gasteiger partial charge >= 0.3 is 0 Å². The summed E-state index contributed by atoms with van der Waals surface area (Å²) in [6.45, 7) is 4.82. The minimum Gasteiger partial charge on any atom is -0.496 e. The summed E-state index contributed by atoms with van der Waals surface area (Å²) < 4.78 is 21.8. The molecular weight excluding hydrogens is 318 g/mol. The van der Waals surface area contributed by atoms with Gasteiger partial charge in [-0.05, 0) is 26.0 Å². The number of hydrogen-bond donors (Lipinski definition) is 1. The van der Waals surface area contributed by atoms with Gasteiger partial charge in [0.15, 0.2) is 11.5 Å². The Morgan fingerprint density at radius 1 is 0.840 bits per heavy atom. The lowest BCUT2D eigenvalue weighted by Crippen LogP contribution is -2.19. The molecule has 0 saturated carbocycles. The molecule has 0 heterocycles. The zero-order valence-corrected chi connectivity index (χ0v) is 15.8. The van der Waals surface area contributed by atoms with E-state index in [0.717, 1.165) is 16.9 Å². The van der Waals surface area contributed by atoms with Crippen LogP contribution in [0.3, 0.4) is 0 Å². The first-order chi connectivity index (χ1) is 12.0. The first-order valence-corrected chi connectivity index (χ1v) is 8.21. The summed E-state index contributed by atoms with van der Waals surface area (Å²) in [6.07, 6.45) is 0. The zero-order valence-electron chi connectivity index (χ0n) is 15.8. The lowest BCUT2D eigenvalue weighted by Gasteiger charge is -2.20. The van der Waals surface area contributed by atoms with E-state index in [0.29, 0.717) is 23.8 Å². The Bertz CT molecular complexity index is 715. The number of aryl methyl sites for hydroxylation is 1. The van der Waals surface area contributed by atoms with Crippen LogP contribution >= 0.6 is 0 Å². The van der Waals surface area contributed by atoms with Crippen molar-refractivity contribution in [1.29, 1.82) is 0 Å². The highest BCUT2D eigenvalue weighted by Crippen LogP contribution is 2.40. The third kappa shape index (κ3) is 4.17. The minimum absolute atomic E-state index is 0.118. The fourth-order valence-electron chi connectivity index (χ4n) is 2.87. The molecule has 25 heavy (non-hydrogen) atoms. The Morgan fingerprint density at radius 2 is 1.48 bits per heavy atom. The molecule has 0 unspecified atom stereocenters. The Morgan fingerprint density at radius 3 is 2.08 bits per heavy atom. The van der Waals surface area contributed by atoms with Crippen LogP contribution in [0.2, 0.25) is 0 Å². The van der Waals surface area contributed by atoms with Crippen molar-refractivity contribution >= 4 is 0 Å². The molecular formula is C20H27NO4. The van der Waals surface area contributed by atoms with Gasteiger partial charge in [0, 0.05) is 23.7 Å². The molecule has 0 spiro atoms. The SMILES string of the molecule is COc1ccc(C)cc1[C@@H](C)NCc1ccc(OC)c(OC)c1OC. The fraction of sp³-hybridized carbons (Fsp3) is 0.400. The van der Waals surface area contributed by atoms with Crippen molar-refractivity contribution in [2.24, 2.45) is 0 Å². The number of rotatable bonds is 8. The van der Waals surface area contributed by atoms with Gasteiger partial charge in [-0.1, -0.05) is 23.8 Å². The van der Waals surface area contributed by atoms with Gasteiger partial charge in [-0.15, -0.1) is 0 Å². The zero-order chi connectivity index (χ0) is 18.4. The van der Waals surface area contributed by atoms with Crippen molar-refractivity contribution in [1.82, 2.24) is 5.32 Å². The Balaban J connectivity index is 2.22. The highest BCUT2D eigenvalue weighted by molar-refractivity contribution is 5.55. The quantitative estimate of drug-likeness (QED) is 0.787. The number of hydrogen-bond acceptors (Lipinski definition) is 5. The van der Waals surface area contributed by atoms with E-state index in [2.05, 4.69) is 25.2 Å². The number of ether oxygens (including phenoxy) is 4. The summed E-state index contributed by atoms with van der Waals surface area (Å²) in [7, 11) is 6.55. The van der Waals surface area contributed by atoms with E-state index in [4.69, 9.17) is 18.9 Å². The number of methoxy groups -OCH3 is 4. The van der Waals surface area contributed by atoms with Gasteiger partial charge < -0.3 is 24.3 Å². The minimum atomic E-state index is 0.118. The monoisotopic (exact) mass is 345 g/mol. The van der Waals surface area contributed by atoms with Crippen molar-refractivity contribution in [3.8, 4) is 23.0 Å². The van der Waals surface area contributed by atoms with Crippen LogP contribution in [-0.4, -0.2) is 28.4 Å². The molecule has 0 aliphatic rings.